The smallest absolute Gasteiger partial charge is 0.198 e. The SMILES string of the molecule is Nc1cc(F)c(Oc2cncc(Br)c2)c(F)c1. The van der Waals surface area contributed by atoms with Crippen LogP contribution in [0, 0.1) is 11.6 Å². The Hall–Kier alpha value is -1.69. The first kappa shape index (κ1) is 11.8. The van der Waals surface area contributed by atoms with Crippen molar-refractivity contribution in [3.05, 3.63) is 46.7 Å². The molecule has 2 aromatic rings. The van der Waals surface area contributed by atoms with E-state index in [1.807, 2.05) is 0 Å². The fraction of sp³-hybridized carbons (Fsp3) is 0. The largest absolute Gasteiger partial charge is 0.450 e. The summed E-state index contributed by atoms with van der Waals surface area (Å²) >= 11 is 3.17. The predicted octanol–water partition coefficient (Wildman–Crippen LogP) is 3.50. The third kappa shape index (κ3) is 2.71. The quantitative estimate of drug-likeness (QED) is 0.864. The molecule has 0 spiro atoms. The molecule has 0 radical (unpaired) electrons. The highest BCUT2D eigenvalue weighted by atomic mass is 79.9. The van der Waals surface area contributed by atoms with Gasteiger partial charge in [-0.2, -0.15) is 0 Å². The van der Waals surface area contributed by atoms with Gasteiger partial charge in [0.2, 0.25) is 0 Å². The van der Waals surface area contributed by atoms with Gasteiger partial charge in [-0.3, -0.25) is 4.98 Å². The van der Waals surface area contributed by atoms with Gasteiger partial charge < -0.3 is 10.5 Å². The van der Waals surface area contributed by atoms with E-state index in [0.29, 0.717) is 4.47 Å². The highest BCUT2D eigenvalue weighted by molar-refractivity contribution is 9.10. The zero-order chi connectivity index (χ0) is 12.4. The molecule has 1 heterocycles. The topological polar surface area (TPSA) is 48.1 Å². The fourth-order valence-corrected chi connectivity index (χ4v) is 1.59. The Kier molecular flexibility index (Phi) is 3.23. The minimum Gasteiger partial charge on any atom is -0.450 e. The third-order valence-electron chi connectivity index (χ3n) is 1.92. The molecule has 0 amide bonds. The molecule has 0 aliphatic heterocycles. The molecule has 2 rings (SSSR count). The van der Waals surface area contributed by atoms with Crippen LogP contribution in [0.2, 0.25) is 0 Å². The van der Waals surface area contributed by atoms with Gasteiger partial charge in [0.1, 0.15) is 5.75 Å². The van der Waals surface area contributed by atoms with Crippen molar-refractivity contribution in [1.82, 2.24) is 4.98 Å². The molecule has 88 valence electrons. The Balaban J connectivity index is 2.36. The van der Waals surface area contributed by atoms with Crippen LogP contribution >= 0.6 is 15.9 Å². The zero-order valence-corrected chi connectivity index (χ0v) is 10.0. The molecule has 0 saturated heterocycles. The van der Waals surface area contributed by atoms with E-state index >= 15 is 0 Å². The maximum absolute atomic E-state index is 13.4. The summed E-state index contributed by atoms with van der Waals surface area (Å²) in [5, 5.41) is 0. The fourth-order valence-electron chi connectivity index (χ4n) is 1.24. The molecule has 1 aromatic carbocycles. The summed E-state index contributed by atoms with van der Waals surface area (Å²) in [5.74, 6) is -1.99. The maximum Gasteiger partial charge on any atom is 0.198 e. The van der Waals surface area contributed by atoms with Crippen LogP contribution in [-0.4, -0.2) is 4.98 Å². The number of rotatable bonds is 2. The molecule has 0 bridgehead atoms. The molecule has 17 heavy (non-hydrogen) atoms. The van der Waals surface area contributed by atoms with E-state index in [0.717, 1.165) is 12.1 Å². The first-order valence-corrected chi connectivity index (χ1v) is 5.38. The lowest BCUT2D eigenvalue weighted by atomic mass is 10.3. The van der Waals surface area contributed by atoms with Gasteiger partial charge in [-0.05, 0) is 22.0 Å². The van der Waals surface area contributed by atoms with Crippen molar-refractivity contribution in [2.24, 2.45) is 0 Å². The molecule has 2 N–H and O–H groups in total. The van der Waals surface area contributed by atoms with Gasteiger partial charge in [0.25, 0.3) is 0 Å². The summed E-state index contributed by atoms with van der Waals surface area (Å²) in [4.78, 5) is 3.82. The number of hydrogen-bond donors (Lipinski definition) is 1. The first-order chi connectivity index (χ1) is 8.06. The zero-order valence-electron chi connectivity index (χ0n) is 8.45. The predicted molar refractivity (Wildman–Crippen MR) is 62.8 cm³/mol. The highest BCUT2D eigenvalue weighted by Gasteiger charge is 2.13. The molecule has 0 atom stereocenters. The van der Waals surface area contributed by atoms with Gasteiger partial charge >= 0.3 is 0 Å². The Morgan fingerprint density at radius 2 is 1.76 bits per heavy atom. The van der Waals surface area contributed by atoms with Crippen LogP contribution in [0.25, 0.3) is 0 Å². The second-order valence-corrected chi connectivity index (χ2v) is 4.17. The van der Waals surface area contributed by atoms with Crippen molar-refractivity contribution in [3.8, 4) is 11.5 Å². The van der Waals surface area contributed by atoms with Crippen LogP contribution in [0.1, 0.15) is 0 Å². The number of nitrogens with two attached hydrogens (primary N) is 1. The monoisotopic (exact) mass is 300 g/mol. The number of anilines is 1. The van der Waals surface area contributed by atoms with Crippen LogP contribution < -0.4 is 10.5 Å². The van der Waals surface area contributed by atoms with Gasteiger partial charge in [-0.25, -0.2) is 8.78 Å². The van der Waals surface area contributed by atoms with E-state index in [1.54, 1.807) is 6.07 Å². The van der Waals surface area contributed by atoms with Crippen LogP contribution in [0.4, 0.5) is 14.5 Å². The Bertz CT molecular complexity index is 540. The van der Waals surface area contributed by atoms with E-state index in [-0.39, 0.29) is 11.4 Å². The van der Waals surface area contributed by atoms with Crippen LogP contribution in [0.3, 0.4) is 0 Å². The summed E-state index contributed by atoms with van der Waals surface area (Å²) in [6.07, 6.45) is 2.88. The number of benzene rings is 1. The second-order valence-electron chi connectivity index (χ2n) is 3.25. The molecule has 6 heteroatoms. The van der Waals surface area contributed by atoms with Crippen molar-refractivity contribution in [3.63, 3.8) is 0 Å². The summed E-state index contributed by atoms with van der Waals surface area (Å²) in [6.45, 7) is 0. The van der Waals surface area contributed by atoms with Crippen LogP contribution in [-0.2, 0) is 0 Å². The Morgan fingerprint density at radius 1 is 1.12 bits per heavy atom. The lowest BCUT2D eigenvalue weighted by molar-refractivity contribution is 0.406. The lowest BCUT2D eigenvalue weighted by Gasteiger charge is -2.08. The summed E-state index contributed by atoms with van der Waals surface area (Å²) in [6, 6.07) is 3.52. The molecular weight excluding hydrogens is 294 g/mol. The number of aromatic nitrogens is 1. The third-order valence-corrected chi connectivity index (χ3v) is 2.35. The summed E-state index contributed by atoms with van der Waals surface area (Å²) < 4.78 is 32.6. The van der Waals surface area contributed by atoms with Crippen LogP contribution in [0.15, 0.2) is 35.1 Å². The van der Waals surface area contributed by atoms with E-state index in [1.165, 1.54) is 12.4 Å². The molecule has 0 fully saturated rings. The van der Waals surface area contributed by atoms with Crippen LogP contribution in [0.5, 0.6) is 11.5 Å². The van der Waals surface area contributed by atoms with E-state index in [4.69, 9.17) is 10.5 Å². The Labute approximate surface area is 104 Å². The lowest BCUT2D eigenvalue weighted by Crippen LogP contribution is -1.96. The van der Waals surface area contributed by atoms with E-state index in [9.17, 15) is 8.78 Å². The average Bonchev–Trinajstić information content (AvgIpc) is 2.23. The molecule has 3 nitrogen and oxygen atoms in total. The number of nitrogens with zero attached hydrogens (tertiary/aromatic N) is 1. The van der Waals surface area contributed by atoms with Crippen molar-refractivity contribution >= 4 is 21.6 Å². The minimum absolute atomic E-state index is 0.000262. The summed E-state index contributed by atoms with van der Waals surface area (Å²) in [7, 11) is 0. The standard InChI is InChI=1S/C11H7BrF2N2O/c12-6-1-8(5-16-4-6)17-11-9(13)2-7(15)3-10(11)14/h1-5H,15H2. The number of nitrogen functional groups attached to an aromatic ring is 1. The Morgan fingerprint density at radius 3 is 2.35 bits per heavy atom. The number of pyridine rings is 1. The molecule has 0 aliphatic rings. The van der Waals surface area contributed by atoms with Gasteiger partial charge in [0, 0.05) is 28.5 Å². The van der Waals surface area contributed by atoms with Gasteiger partial charge in [-0.15, -0.1) is 0 Å². The van der Waals surface area contributed by atoms with Crippen molar-refractivity contribution in [1.29, 1.82) is 0 Å². The molecule has 0 aliphatic carbocycles. The molecular formula is C11H7BrF2N2O. The maximum atomic E-state index is 13.4. The minimum atomic E-state index is -0.859. The van der Waals surface area contributed by atoms with Gasteiger partial charge in [0.05, 0.1) is 6.20 Å². The summed E-state index contributed by atoms with van der Waals surface area (Å²) in [5.41, 5.74) is 5.29. The van der Waals surface area contributed by atoms with Crippen molar-refractivity contribution in [2.45, 2.75) is 0 Å². The number of hydrogen-bond acceptors (Lipinski definition) is 3. The normalized spacial score (nSPS) is 10.3. The average molecular weight is 301 g/mol. The number of halogens is 3. The van der Waals surface area contributed by atoms with Crippen molar-refractivity contribution < 1.29 is 13.5 Å². The van der Waals surface area contributed by atoms with E-state index < -0.39 is 17.4 Å². The second kappa shape index (κ2) is 4.67. The molecule has 1 aromatic heterocycles. The molecule has 0 saturated carbocycles. The number of ether oxygens (including phenoxy) is 1. The van der Waals surface area contributed by atoms with E-state index in [2.05, 4.69) is 20.9 Å². The van der Waals surface area contributed by atoms with Gasteiger partial charge in [-0.1, -0.05) is 0 Å². The molecule has 0 unspecified atom stereocenters. The van der Waals surface area contributed by atoms with Crippen molar-refractivity contribution in [2.75, 3.05) is 5.73 Å². The first-order valence-electron chi connectivity index (χ1n) is 4.59. The highest BCUT2D eigenvalue weighted by Crippen LogP contribution is 2.29. The van der Waals surface area contributed by atoms with Gasteiger partial charge in [0.15, 0.2) is 17.4 Å².